The third kappa shape index (κ3) is 0.821. The van der Waals surface area contributed by atoms with Crippen LogP contribution in [0.3, 0.4) is 0 Å². The average molecular weight is 190 g/mol. The lowest BCUT2D eigenvalue weighted by Crippen LogP contribution is -1.97. The molecule has 1 aliphatic rings. The molecule has 1 aromatic rings. The van der Waals surface area contributed by atoms with E-state index in [1.54, 1.807) is 0 Å². The average Bonchev–Trinajstić information content (AvgIpc) is 2.38. The zero-order valence-electron chi connectivity index (χ0n) is 7.07. The molecule has 4 heteroatoms. The number of rotatable bonds is 0. The first-order valence-electron chi connectivity index (χ1n) is 3.87. The van der Waals surface area contributed by atoms with Crippen LogP contribution < -0.4 is 0 Å². The minimum atomic E-state index is -0.626. The van der Waals surface area contributed by atoms with Gasteiger partial charge < -0.3 is 10.2 Å². The minimum absolute atomic E-state index is 0.153. The van der Waals surface area contributed by atoms with Gasteiger partial charge in [0, 0.05) is 0 Å². The van der Waals surface area contributed by atoms with Crippen molar-refractivity contribution in [3.63, 3.8) is 0 Å². The van der Waals surface area contributed by atoms with Gasteiger partial charge in [-0.2, -0.15) is 0 Å². The molecule has 0 radical (unpaired) electrons. The molecule has 0 saturated heterocycles. The van der Waals surface area contributed by atoms with Crippen molar-refractivity contribution in [1.82, 2.24) is 0 Å². The fourth-order valence-corrected chi connectivity index (χ4v) is 1.45. The van der Waals surface area contributed by atoms with E-state index in [4.69, 9.17) is 0 Å². The lowest BCUT2D eigenvalue weighted by molar-refractivity contribution is 0.0988. The summed E-state index contributed by atoms with van der Waals surface area (Å²) in [6.07, 6.45) is 0. The number of Topliss-reactive ketones (excluding diaryl/α,β-unsaturated/α-hetero) is 2. The van der Waals surface area contributed by atoms with Gasteiger partial charge in [0.2, 0.25) is 11.6 Å². The molecule has 1 aliphatic carbocycles. The van der Waals surface area contributed by atoms with Crippen LogP contribution in [0.1, 0.15) is 20.7 Å². The van der Waals surface area contributed by atoms with Gasteiger partial charge in [0.15, 0.2) is 0 Å². The molecule has 0 saturated carbocycles. The largest absolute Gasteiger partial charge is 0.507 e. The monoisotopic (exact) mass is 190 g/mol. The number of aromatic hydroxyl groups is 2. The van der Waals surface area contributed by atoms with Crippen molar-refractivity contribution in [2.75, 3.05) is 0 Å². The van der Waals surface area contributed by atoms with Crippen molar-refractivity contribution in [2.45, 2.75) is 0 Å². The molecule has 2 rings (SSSR count). The maximum Gasteiger partial charge on any atom is 0.200 e. The predicted molar refractivity (Wildman–Crippen MR) is 47.6 cm³/mol. The number of carbonyl (C=O) groups is 2. The number of phenols is 2. The van der Waals surface area contributed by atoms with Gasteiger partial charge >= 0.3 is 0 Å². The van der Waals surface area contributed by atoms with Crippen molar-refractivity contribution in [3.8, 4) is 11.5 Å². The molecule has 14 heavy (non-hydrogen) atoms. The summed E-state index contributed by atoms with van der Waals surface area (Å²) in [4.78, 5) is 22.8. The van der Waals surface area contributed by atoms with Gasteiger partial charge in [0.05, 0.1) is 16.7 Å². The summed E-state index contributed by atoms with van der Waals surface area (Å²) in [5, 5.41) is 18.7. The van der Waals surface area contributed by atoms with Gasteiger partial charge in [0.1, 0.15) is 11.5 Å². The minimum Gasteiger partial charge on any atom is -0.507 e. The highest BCUT2D eigenvalue weighted by Crippen LogP contribution is 2.37. The number of phenolic OH excluding ortho intramolecular Hbond substituents is 2. The second-order valence-corrected chi connectivity index (χ2v) is 2.99. The van der Waals surface area contributed by atoms with Crippen LogP contribution >= 0.6 is 0 Å². The van der Waals surface area contributed by atoms with Gasteiger partial charge in [-0.15, -0.1) is 0 Å². The van der Waals surface area contributed by atoms with Crippen LogP contribution in [0.5, 0.6) is 11.5 Å². The van der Waals surface area contributed by atoms with E-state index in [2.05, 4.69) is 6.58 Å². The van der Waals surface area contributed by atoms with Crippen molar-refractivity contribution in [2.24, 2.45) is 0 Å². The van der Waals surface area contributed by atoms with E-state index in [0.717, 1.165) is 12.1 Å². The van der Waals surface area contributed by atoms with Gasteiger partial charge in [0.25, 0.3) is 0 Å². The molecule has 0 heterocycles. The maximum absolute atomic E-state index is 11.4. The molecule has 2 N–H and O–H groups in total. The first-order valence-corrected chi connectivity index (χ1v) is 3.87. The number of hydrogen-bond acceptors (Lipinski definition) is 4. The number of allylic oxidation sites excluding steroid dienone is 1. The van der Waals surface area contributed by atoms with Crippen LogP contribution in [0, 0.1) is 0 Å². The normalized spacial score (nSPS) is 14.7. The summed E-state index contributed by atoms with van der Waals surface area (Å²) in [6.45, 7) is 3.29. The standard InChI is InChI=1S/C10H6O4/c1-4-9(13)7-5(11)2-3-6(12)8(7)10(4)14/h2-3,11-12H,1H2. The summed E-state index contributed by atoms with van der Waals surface area (Å²) in [7, 11) is 0. The third-order valence-electron chi connectivity index (χ3n) is 2.16. The van der Waals surface area contributed by atoms with Gasteiger partial charge in [-0.05, 0) is 12.1 Å². The zero-order valence-corrected chi connectivity index (χ0v) is 7.07. The van der Waals surface area contributed by atoms with E-state index >= 15 is 0 Å². The van der Waals surface area contributed by atoms with Crippen molar-refractivity contribution in [1.29, 1.82) is 0 Å². The Hall–Kier alpha value is -2.10. The number of ketones is 2. The van der Waals surface area contributed by atoms with Crippen LogP contribution in [0.25, 0.3) is 0 Å². The van der Waals surface area contributed by atoms with Crippen LogP contribution in [0.2, 0.25) is 0 Å². The van der Waals surface area contributed by atoms with E-state index in [-0.39, 0.29) is 28.2 Å². The van der Waals surface area contributed by atoms with Crippen LogP contribution in [0.15, 0.2) is 24.3 Å². The van der Waals surface area contributed by atoms with Gasteiger partial charge in [-0.1, -0.05) is 6.58 Å². The lowest BCUT2D eigenvalue weighted by Gasteiger charge is -2.00. The van der Waals surface area contributed by atoms with Gasteiger partial charge in [-0.25, -0.2) is 0 Å². The molecule has 0 bridgehead atoms. The summed E-state index contributed by atoms with van der Waals surface area (Å²) in [6, 6.07) is 2.33. The molecule has 0 amide bonds. The quantitative estimate of drug-likeness (QED) is 0.364. The number of hydrogen-bond donors (Lipinski definition) is 2. The summed E-state index contributed by atoms with van der Waals surface area (Å²) >= 11 is 0. The van der Waals surface area contributed by atoms with E-state index < -0.39 is 11.6 Å². The smallest absolute Gasteiger partial charge is 0.200 e. The van der Waals surface area contributed by atoms with Crippen molar-refractivity contribution in [3.05, 3.63) is 35.4 Å². The van der Waals surface area contributed by atoms with E-state index in [1.165, 1.54) is 0 Å². The Balaban J connectivity index is 2.87. The SMILES string of the molecule is C=C1C(=O)c2c(O)ccc(O)c2C1=O. The number of benzene rings is 1. The second-order valence-electron chi connectivity index (χ2n) is 2.99. The molecule has 4 nitrogen and oxygen atoms in total. The number of fused-ring (bicyclic) bond motifs is 1. The van der Waals surface area contributed by atoms with E-state index in [1.807, 2.05) is 0 Å². The second kappa shape index (κ2) is 2.45. The van der Waals surface area contributed by atoms with Gasteiger partial charge in [-0.3, -0.25) is 9.59 Å². The molecular formula is C10H6O4. The Bertz CT molecular complexity index is 442. The van der Waals surface area contributed by atoms with E-state index in [0.29, 0.717) is 0 Å². The summed E-state index contributed by atoms with van der Waals surface area (Å²) in [5.74, 6) is -1.87. The third-order valence-corrected chi connectivity index (χ3v) is 2.16. The Kier molecular flexibility index (Phi) is 1.48. The van der Waals surface area contributed by atoms with Crippen molar-refractivity contribution >= 4 is 11.6 Å². The first kappa shape index (κ1) is 8.50. The van der Waals surface area contributed by atoms with Crippen LogP contribution in [-0.4, -0.2) is 21.8 Å². The molecule has 70 valence electrons. The highest BCUT2D eigenvalue weighted by molar-refractivity contribution is 6.40. The molecule has 0 unspecified atom stereocenters. The molecule has 0 aromatic heterocycles. The Morgan fingerprint density at radius 1 is 0.929 bits per heavy atom. The molecule has 1 aromatic carbocycles. The Labute approximate surface area is 79.1 Å². The van der Waals surface area contributed by atoms with Crippen molar-refractivity contribution < 1.29 is 19.8 Å². The van der Waals surface area contributed by atoms with E-state index in [9.17, 15) is 19.8 Å². The highest BCUT2D eigenvalue weighted by atomic mass is 16.3. The molecule has 0 fully saturated rings. The highest BCUT2D eigenvalue weighted by Gasteiger charge is 2.36. The summed E-state index contributed by atoms with van der Waals surface area (Å²) in [5.41, 5.74) is -0.531. The fraction of sp³-hybridized carbons (Fsp3) is 0. The lowest BCUT2D eigenvalue weighted by atomic mass is 10.1. The fourth-order valence-electron chi connectivity index (χ4n) is 1.45. The molecule has 0 aliphatic heterocycles. The molecule has 0 spiro atoms. The number of carbonyl (C=O) groups excluding carboxylic acids is 2. The molecular weight excluding hydrogens is 184 g/mol. The van der Waals surface area contributed by atoms with Crippen LogP contribution in [-0.2, 0) is 0 Å². The first-order chi connectivity index (χ1) is 6.54. The maximum atomic E-state index is 11.4. The van der Waals surface area contributed by atoms with Crippen LogP contribution in [0.4, 0.5) is 0 Å². The summed E-state index contributed by atoms with van der Waals surface area (Å²) < 4.78 is 0. The zero-order chi connectivity index (χ0) is 10.5. The Morgan fingerprint density at radius 2 is 1.29 bits per heavy atom. The Morgan fingerprint density at radius 3 is 1.64 bits per heavy atom. The predicted octanol–water partition coefficient (Wildman–Crippen LogP) is 1.03. The molecule has 0 atom stereocenters. The topological polar surface area (TPSA) is 74.6 Å².